The lowest BCUT2D eigenvalue weighted by Gasteiger charge is -2.25. The van der Waals surface area contributed by atoms with Gasteiger partial charge in [0.25, 0.3) is 5.91 Å². The lowest BCUT2D eigenvalue weighted by Crippen LogP contribution is -2.30. The third kappa shape index (κ3) is 7.27. The molecule has 4 aromatic rings. The Morgan fingerprint density at radius 2 is 1.91 bits per heavy atom. The molecule has 4 N–H and O–H groups in total. The fraction of sp³-hybridized carbons (Fsp3) is 0.265. The molecule has 1 saturated carbocycles. The Balaban J connectivity index is 1.57. The SMILES string of the molecule is COc1cc(C(=O)NCC(c2cccc(F)c2)c2cc(C(C)(C)O)c(F)c(-c3cccc(Cl)c3Cl)n2)cc(C=NC2CC2)c1N. The van der Waals surface area contributed by atoms with Crippen molar-refractivity contribution >= 4 is 41.0 Å². The second kappa shape index (κ2) is 13.1. The Morgan fingerprint density at radius 3 is 2.58 bits per heavy atom. The lowest BCUT2D eigenvalue weighted by molar-refractivity contribution is 0.0743. The van der Waals surface area contributed by atoms with Crippen molar-refractivity contribution < 1.29 is 23.4 Å². The number of hydrogen-bond acceptors (Lipinski definition) is 6. The van der Waals surface area contributed by atoms with Crippen molar-refractivity contribution in [1.29, 1.82) is 0 Å². The summed E-state index contributed by atoms with van der Waals surface area (Å²) in [6, 6.07) is 15.4. The molecule has 1 atom stereocenters. The summed E-state index contributed by atoms with van der Waals surface area (Å²) in [5.41, 5.74) is 6.52. The van der Waals surface area contributed by atoms with Crippen LogP contribution in [0.1, 0.15) is 65.3 Å². The van der Waals surface area contributed by atoms with Gasteiger partial charge in [-0.3, -0.25) is 9.79 Å². The average Bonchev–Trinajstić information content (AvgIpc) is 3.83. The summed E-state index contributed by atoms with van der Waals surface area (Å²) in [5, 5.41) is 14.1. The van der Waals surface area contributed by atoms with E-state index in [1.165, 1.54) is 51.3 Å². The molecule has 3 aromatic carbocycles. The summed E-state index contributed by atoms with van der Waals surface area (Å²) < 4.78 is 35.9. The van der Waals surface area contributed by atoms with Gasteiger partial charge in [0.15, 0.2) is 5.82 Å². The molecular weight excluding hydrogens is 621 g/mol. The van der Waals surface area contributed by atoms with Crippen LogP contribution in [0.5, 0.6) is 5.75 Å². The van der Waals surface area contributed by atoms with Gasteiger partial charge in [-0.1, -0.05) is 47.5 Å². The Bertz CT molecular complexity index is 1790. The van der Waals surface area contributed by atoms with Crippen LogP contribution in [0.4, 0.5) is 14.5 Å². The smallest absolute Gasteiger partial charge is 0.251 e. The Hall–Kier alpha value is -4.05. The number of nitrogens with zero attached hydrogens (tertiary/aromatic N) is 2. The number of anilines is 1. The second-order valence-corrected chi connectivity index (χ2v) is 12.2. The van der Waals surface area contributed by atoms with Crippen LogP contribution in [0.2, 0.25) is 10.0 Å². The number of carbonyl (C=O) groups excluding carboxylic acids is 1. The summed E-state index contributed by atoms with van der Waals surface area (Å²) in [5.74, 6) is -2.20. The van der Waals surface area contributed by atoms with Crippen molar-refractivity contribution in [2.45, 2.75) is 44.2 Å². The first kappa shape index (κ1) is 32.3. The van der Waals surface area contributed by atoms with Crippen LogP contribution >= 0.6 is 23.2 Å². The first-order valence-electron chi connectivity index (χ1n) is 14.3. The number of nitrogens with two attached hydrogens (primary N) is 1. The predicted molar refractivity (Wildman–Crippen MR) is 173 cm³/mol. The zero-order valence-corrected chi connectivity index (χ0v) is 26.4. The molecule has 1 aliphatic carbocycles. The number of benzene rings is 3. The largest absolute Gasteiger partial charge is 0.495 e. The van der Waals surface area contributed by atoms with Crippen LogP contribution in [0.25, 0.3) is 11.3 Å². The van der Waals surface area contributed by atoms with E-state index in [2.05, 4.69) is 15.3 Å². The highest BCUT2D eigenvalue weighted by atomic mass is 35.5. The van der Waals surface area contributed by atoms with Crippen molar-refractivity contribution in [3.63, 3.8) is 0 Å². The minimum absolute atomic E-state index is 0.0610. The van der Waals surface area contributed by atoms with Crippen LogP contribution in [-0.4, -0.2) is 41.9 Å². The molecule has 7 nitrogen and oxygen atoms in total. The molecule has 5 rings (SSSR count). The highest BCUT2D eigenvalue weighted by molar-refractivity contribution is 6.43. The molecule has 1 amide bonds. The molecule has 1 aliphatic rings. The number of methoxy groups -OCH3 is 1. The van der Waals surface area contributed by atoms with Crippen LogP contribution in [-0.2, 0) is 5.60 Å². The minimum atomic E-state index is -1.63. The normalized spacial score (nSPS) is 14.0. The van der Waals surface area contributed by atoms with E-state index in [0.717, 1.165) is 12.8 Å². The summed E-state index contributed by atoms with van der Waals surface area (Å²) >= 11 is 12.7. The third-order valence-corrected chi connectivity index (χ3v) is 8.36. The summed E-state index contributed by atoms with van der Waals surface area (Å²) in [7, 11) is 1.46. The minimum Gasteiger partial charge on any atom is -0.495 e. The molecule has 0 spiro atoms. The number of halogens is 4. The van der Waals surface area contributed by atoms with Gasteiger partial charge in [0.05, 0.1) is 40.2 Å². The quantitative estimate of drug-likeness (QED) is 0.123. The summed E-state index contributed by atoms with van der Waals surface area (Å²) in [6.45, 7) is 2.82. The average molecular weight is 654 g/mol. The topological polar surface area (TPSA) is 110 Å². The highest BCUT2D eigenvalue weighted by Crippen LogP contribution is 2.39. The molecule has 0 bridgehead atoms. The van der Waals surface area contributed by atoms with Gasteiger partial charge in [-0.25, -0.2) is 13.8 Å². The molecule has 1 unspecified atom stereocenters. The number of pyridine rings is 1. The predicted octanol–water partition coefficient (Wildman–Crippen LogP) is 7.30. The number of aliphatic hydroxyl groups is 1. The number of nitrogen functional groups attached to an aromatic ring is 1. The van der Waals surface area contributed by atoms with Gasteiger partial charge < -0.3 is 20.9 Å². The molecule has 1 fully saturated rings. The van der Waals surface area contributed by atoms with E-state index >= 15 is 4.39 Å². The van der Waals surface area contributed by atoms with Gasteiger partial charge in [-0.2, -0.15) is 0 Å². The Morgan fingerprint density at radius 1 is 1.18 bits per heavy atom. The van der Waals surface area contributed by atoms with Gasteiger partial charge in [-0.05, 0) is 68.7 Å². The number of nitrogens with one attached hydrogen (secondary N) is 1. The number of rotatable bonds is 10. The molecule has 0 radical (unpaired) electrons. The van der Waals surface area contributed by atoms with Gasteiger partial charge in [0, 0.05) is 40.9 Å². The van der Waals surface area contributed by atoms with Crippen LogP contribution < -0.4 is 15.8 Å². The first-order valence-corrected chi connectivity index (χ1v) is 15.0. The van der Waals surface area contributed by atoms with E-state index < -0.39 is 29.1 Å². The standard InChI is InChI=1S/C34H32Cl2F2N4O3/c1-34(2,44)25-15-27(42-32(30(25)38)23-8-5-9-26(35)29(23)36)24(18-6-4-7-21(37)13-18)17-41-33(43)19-12-20(16-40-22-10-11-22)31(39)28(14-19)45-3/h4-9,12-16,22,24,44H,10-11,17,39H2,1-3H3,(H,41,43). The maximum absolute atomic E-state index is 16.0. The molecule has 45 heavy (non-hydrogen) atoms. The Labute approximate surface area is 270 Å². The number of aliphatic imine (C=N–C) groups is 1. The van der Waals surface area contributed by atoms with Crippen molar-refractivity contribution in [1.82, 2.24) is 10.3 Å². The van der Waals surface area contributed by atoms with Crippen LogP contribution in [0, 0.1) is 11.6 Å². The fourth-order valence-electron chi connectivity index (χ4n) is 4.92. The van der Waals surface area contributed by atoms with E-state index in [1.807, 2.05) is 0 Å². The third-order valence-electron chi connectivity index (χ3n) is 7.55. The number of carbonyl (C=O) groups is 1. The van der Waals surface area contributed by atoms with Gasteiger partial charge in [-0.15, -0.1) is 0 Å². The van der Waals surface area contributed by atoms with E-state index in [9.17, 15) is 14.3 Å². The maximum atomic E-state index is 16.0. The summed E-state index contributed by atoms with van der Waals surface area (Å²) in [6.07, 6.45) is 3.66. The maximum Gasteiger partial charge on any atom is 0.251 e. The molecular formula is C34H32Cl2F2N4O3. The van der Waals surface area contributed by atoms with E-state index in [4.69, 9.17) is 33.7 Å². The van der Waals surface area contributed by atoms with Crippen LogP contribution in [0.15, 0.2) is 65.7 Å². The number of ether oxygens (including phenoxy) is 1. The van der Waals surface area contributed by atoms with Crippen LogP contribution in [0.3, 0.4) is 0 Å². The zero-order chi connectivity index (χ0) is 32.5. The zero-order valence-electron chi connectivity index (χ0n) is 24.9. The van der Waals surface area contributed by atoms with Gasteiger partial charge >= 0.3 is 0 Å². The fourth-order valence-corrected chi connectivity index (χ4v) is 5.31. The molecule has 0 aliphatic heterocycles. The van der Waals surface area contributed by atoms with Crippen molar-refractivity contribution in [2.75, 3.05) is 19.4 Å². The first-order chi connectivity index (χ1) is 21.4. The Kier molecular flexibility index (Phi) is 9.44. The number of hydrogen-bond donors (Lipinski definition) is 3. The summed E-state index contributed by atoms with van der Waals surface area (Å²) in [4.78, 5) is 22.6. The molecule has 234 valence electrons. The molecule has 0 saturated heterocycles. The highest BCUT2D eigenvalue weighted by Gasteiger charge is 2.29. The van der Waals surface area contributed by atoms with Gasteiger partial charge in [0.2, 0.25) is 0 Å². The molecule has 1 aromatic heterocycles. The monoisotopic (exact) mass is 652 g/mol. The van der Waals surface area contributed by atoms with E-state index in [1.54, 1.807) is 36.5 Å². The number of aromatic nitrogens is 1. The second-order valence-electron chi connectivity index (χ2n) is 11.4. The molecule has 11 heteroatoms. The number of amides is 1. The van der Waals surface area contributed by atoms with Crippen molar-refractivity contribution in [2.24, 2.45) is 4.99 Å². The lowest BCUT2D eigenvalue weighted by atomic mass is 9.89. The van der Waals surface area contributed by atoms with Gasteiger partial charge in [0.1, 0.15) is 17.3 Å². The van der Waals surface area contributed by atoms with Crippen molar-refractivity contribution in [3.05, 3.63) is 110 Å². The van der Waals surface area contributed by atoms with Crippen molar-refractivity contribution in [3.8, 4) is 17.0 Å². The van der Waals surface area contributed by atoms with E-state index in [0.29, 0.717) is 22.6 Å². The van der Waals surface area contributed by atoms with E-state index in [-0.39, 0.29) is 50.7 Å². The molecule has 1 heterocycles.